The summed E-state index contributed by atoms with van der Waals surface area (Å²) in [6.45, 7) is 5.20. The van der Waals surface area contributed by atoms with Crippen LogP contribution >= 0.6 is 0 Å². The molecule has 4 rings (SSSR count). The van der Waals surface area contributed by atoms with E-state index in [0.29, 0.717) is 24.4 Å². The van der Waals surface area contributed by atoms with Crippen LogP contribution in [0.15, 0.2) is 59.5 Å². The van der Waals surface area contributed by atoms with Crippen molar-refractivity contribution in [2.45, 2.75) is 31.2 Å². The summed E-state index contributed by atoms with van der Waals surface area (Å²) < 4.78 is 30.6. The molecular formula is C22H27N5O3S. The first-order valence-electron chi connectivity index (χ1n) is 10.3. The fraction of sp³-hybridized carbons (Fsp3) is 0.364. The lowest BCUT2D eigenvalue weighted by Crippen LogP contribution is -2.35. The van der Waals surface area contributed by atoms with Crippen LogP contribution < -0.4 is 9.88 Å². The fourth-order valence-electron chi connectivity index (χ4n) is 3.77. The van der Waals surface area contributed by atoms with Gasteiger partial charge in [-0.3, -0.25) is 4.90 Å². The van der Waals surface area contributed by atoms with E-state index in [1.54, 1.807) is 16.8 Å². The first-order valence-corrected chi connectivity index (χ1v) is 11.9. The van der Waals surface area contributed by atoms with Crippen LogP contribution in [0, 0.1) is 12.8 Å². The Bertz CT molecular complexity index is 1110. The summed E-state index contributed by atoms with van der Waals surface area (Å²) in [6.07, 6.45) is 2.07. The smallest absolute Gasteiger partial charge is 0.319 e. The van der Waals surface area contributed by atoms with Crippen LogP contribution in [0.25, 0.3) is 5.69 Å². The molecule has 0 radical (unpaired) electrons. The van der Waals surface area contributed by atoms with Gasteiger partial charge in [-0.15, -0.1) is 5.10 Å². The summed E-state index contributed by atoms with van der Waals surface area (Å²) >= 11 is 0. The summed E-state index contributed by atoms with van der Waals surface area (Å²) in [7, 11) is -3.65. The fourth-order valence-corrected chi connectivity index (χ4v) is 4.29. The summed E-state index contributed by atoms with van der Waals surface area (Å²) in [5.41, 5.74) is 2.01. The highest BCUT2D eigenvalue weighted by Gasteiger charge is 2.21. The van der Waals surface area contributed by atoms with E-state index in [1.807, 2.05) is 49.4 Å². The lowest BCUT2D eigenvalue weighted by molar-refractivity contribution is 0.131. The van der Waals surface area contributed by atoms with Crippen LogP contribution in [0.2, 0.25) is 0 Å². The predicted octanol–water partition coefficient (Wildman–Crippen LogP) is 2.51. The maximum absolute atomic E-state index is 11.4. The molecule has 0 spiro atoms. The highest BCUT2D eigenvalue weighted by molar-refractivity contribution is 7.89. The highest BCUT2D eigenvalue weighted by Crippen LogP contribution is 2.22. The van der Waals surface area contributed by atoms with Gasteiger partial charge in [0.05, 0.1) is 17.2 Å². The molecule has 0 saturated carbocycles. The molecule has 0 atom stereocenters. The Balaban J connectivity index is 1.29. The van der Waals surface area contributed by atoms with E-state index in [4.69, 9.17) is 9.88 Å². The Morgan fingerprint density at radius 3 is 2.39 bits per heavy atom. The number of likely N-dealkylation sites (tertiary alicyclic amines) is 1. The SMILES string of the molecule is Cc1nc(OCC2CCN(Cc3ccc(S(N)(=O)=O)cc3)CC2)n(-c2ccccc2)n1. The Kier molecular flexibility index (Phi) is 6.35. The number of hydrogen-bond donors (Lipinski definition) is 1. The van der Waals surface area contributed by atoms with Gasteiger partial charge in [-0.2, -0.15) is 9.67 Å². The molecule has 1 aliphatic rings. The number of nitrogens with zero attached hydrogens (tertiary/aromatic N) is 4. The van der Waals surface area contributed by atoms with Crippen molar-refractivity contribution < 1.29 is 13.2 Å². The summed E-state index contributed by atoms with van der Waals surface area (Å²) in [6, 6.07) is 17.2. The third-order valence-corrected chi connectivity index (χ3v) is 6.43. The average Bonchev–Trinajstić information content (AvgIpc) is 3.14. The number of para-hydroxylation sites is 1. The molecule has 0 unspecified atom stereocenters. The Morgan fingerprint density at radius 1 is 1.06 bits per heavy atom. The van der Waals surface area contributed by atoms with Crippen LogP contribution in [0.3, 0.4) is 0 Å². The minimum absolute atomic E-state index is 0.144. The quantitative estimate of drug-likeness (QED) is 0.604. The second kappa shape index (κ2) is 9.17. The second-order valence-electron chi connectivity index (χ2n) is 7.91. The zero-order chi connectivity index (χ0) is 21.8. The van der Waals surface area contributed by atoms with Crippen molar-refractivity contribution in [3.8, 4) is 11.7 Å². The summed E-state index contributed by atoms with van der Waals surface area (Å²) in [5, 5.41) is 9.61. The van der Waals surface area contributed by atoms with Crippen LogP contribution in [0.1, 0.15) is 24.2 Å². The van der Waals surface area contributed by atoms with Crippen molar-refractivity contribution in [2.75, 3.05) is 19.7 Å². The van der Waals surface area contributed by atoms with E-state index >= 15 is 0 Å². The van der Waals surface area contributed by atoms with Crippen molar-refractivity contribution in [3.63, 3.8) is 0 Å². The highest BCUT2D eigenvalue weighted by atomic mass is 32.2. The third kappa shape index (κ3) is 5.49. The number of benzene rings is 2. The first kappa shape index (κ1) is 21.5. The lowest BCUT2D eigenvalue weighted by atomic mass is 9.97. The number of ether oxygens (including phenoxy) is 1. The number of aryl methyl sites for hydroxylation is 1. The third-order valence-electron chi connectivity index (χ3n) is 5.50. The maximum Gasteiger partial charge on any atom is 0.319 e. The van der Waals surface area contributed by atoms with Gasteiger partial charge in [0.25, 0.3) is 0 Å². The second-order valence-corrected chi connectivity index (χ2v) is 9.47. The van der Waals surface area contributed by atoms with Crippen molar-refractivity contribution in [2.24, 2.45) is 11.1 Å². The number of rotatable bonds is 7. The Hall–Kier alpha value is -2.75. The van der Waals surface area contributed by atoms with Gasteiger partial charge in [-0.25, -0.2) is 13.6 Å². The molecule has 8 nitrogen and oxygen atoms in total. The van der Waals surface area contributed by atoms with Crippen molar-refractivity contribution >= 4 is 10.0 Å². The van der Waals surface area contributed by atoms with E-state index in [1.165, 1.54) is 0 Å². The van der Waals surface area contributed by atoms with Crippen molar-refractivity contribution in [1.82, 2.24) is 19.7 Å². The number of piperidine rings is 1. The summed E-state index contributed by atoms with van der Waals surface area (Å²) in [5.74, 6) is 1.14. The number of nitrogens with two attached hydrogens (primary N) is 1. The van der Waals surface area contributed by atoms with Gasteiger partial charge in [0.1, 0.15) is 0 Å². The minimum Gasteiger partial charge on any atom is -0.463 e. The van der Waals surface area contributed by atoms with Crippen LogP contribution in [-0.2, 0) is 16.6 Å². The zero-order valence-corrected chi connectivity index (χ0v) is 18.3. The molecular weight excluding hydrogens is 414 g/mol. The molecule has 2 N–H and O–H groups in total. The number of sulfonamides is 1. The molecule has 0 amide bonds. The number of aromatic nitrogens is 3. The van der Waals surface area contributed by atoms with E-state index in [0.717, 1.165) is 43.7 Å². The number of primary sulfonamides is 1. The van der Waals surface area contributed by atoms with Gasteiger partial charge in [-0.1, -0.05) is 30.3 Å². The molecule has 1 saturated heterocycles. The number of hydrogen-bond acceptors (Lipinski definition) is 6. The van der Waals surface area contributed by atoms with Crippen LogP contribution in [0.5, 0.6) is 6.01 Å². The molecule has 1 fully saturated rings. The normalized spacial score (nSPS) is 15.8. The zero-order valence-electron chi connectivity index (χ0n) is 17.5. The molecule has 31 heavy (non-hydrogen) atoms. The minimum atomic E-state index is -3.65. The molecule has 164 valence electrons. The first-order chi connectivity index (χ1) is 14.9. The van der Waals surface area contributed by atoms with Crippen molar-refractivity contribution in [1.29, 1.82) is 0 Å². The topological polar surface area (TPSA) is 103 Å². The van der Waals surface area contributed by atoms with Crippen molar-refractivity contribution in [3.05, 3.63) is 66.0 Å². The van der Waals surface area contributed by atoms with Gasteiger partial charge < -0.3 is 4.74 Å². The molecule has 0 bridgehead atoms. The molecule has 1 aromatic heterocycles. The van der Waals surface area contributed by atoms with Crippen LogP contribution in [0.4, 0.5) is 0 Å². The molecule has 1 aliphatic heterocycles. The monoisotopic (exact) mass is 441 g/mol. The van der Waals surface area contributed by atoms with E-state index in [9.17, 15) is 8.42 Å². The Labute approximate surface area is 182 Å². The van der Waals surface area contributed by atoms with E-state index in [-0.39, 0.29) is 4.90 Å². The van der Waals surface area contributed by atoms with E-state index in [2.05, 4.69) is 15.0 Å². The van der Waals surface area contributed by atoms with Crippen LogP contribution in [-0.4, -0.2) is 47.8 Å². The lowest BCUT2D eigenvalue weighted by Gasteiger charge is -2.31. The molecule has 2 aromatic carbocycles. The predicted molar refractivity (Wildman–Crippen MR) is 117 cm³/mol. The van der Waals surface area contributed by atoms with Gasteiger partial charge in [0.15, 0.2) is 5.82 Å². The molecule has 9 heteroatoms. The molecule has 2 heterocycles. The van der Waals surface area contributed by atoms with Gasteiger partial charge in [0.2, 0.25) is 10.0 Å². The maximum atomic E-state index is 11.4. The Morgan fingerprint density at radius 2 is 1.74 bits per heavy atom. The van der Waals surface area contributed by atoms with Gasteiger partial charge >= 0.3 is 6.01 Å². The molecule has 3 aromatic rings. The standard InChI is InChI=1S/C22H27N5O3S/c1-17-24-22(27(25-17)20-5-3-2-4-6-20)30-16-19-11-13-26(14-12-19)15-18-7-9-21(10-8-18)31(23,28)29/h2-10,19H,11-16H2,1H3,(H2,23,28,29). The average molecular weight is 442 g/mol. The summed E-state index contributed by atoms with van der Waals surface area (Å²) in [4.78, 5) is 6.95. The largest absolute Gasteiger partial charge is 0.463 e. The van der Waals surface area contributed by atoms with Gasteiger partial charge in [0, 0.05) is 6.54 Å². The molecule has 0 aliphatic carbocycles. The van der Waals surface area contributed by atoms with E-state index < -0.39 is 10.0 Å². The van der Waals surface area contributed by atoms with Gasteiger partial charge in [-0.05, 0) is 68.6 Å².